The number of amides is 2. The number of carboxylic acid groups (broad SMARTS) is 1. The van der Waals surface area contributed by atoms with Gasteiger partial charge in [0.15, 0.2) is 17.7 Å². The van der Waals surface area contributed by atoms with Gasteiger partial charge in [-0.2, -0.15) is 16.9 Å². The van der Waals surface area contributed by atoms with Gasteiger partial charge in [0.1, 0.15) is 42.3 Å². The first-order chi connectivity index (χ1) is 29.3. The van der Waals surface area contributed by atoms with Crippen LogP contribution in [0.2, 0.25) is 0 Å². The summed E-state index contributed by atoms with van der Waals surface area (Å²) in [6, 6.07) is 6.91. The highest BCUT2D eigenvalue weighted by Gasteiger charge is 2.50. The second-order valence-electron chi connectivity index (χ2n) is 14.3. The maximum absolute atomic E-state index is 12.6. The van der Waals surface area contributed by atoms with E-state index in [2.05, 4.69) is 52.0 Å². The number of nitrogen functional groups attached to an aromatic ring is 1. The molecular weight excluding hydrogens is 923 g/mol. The number of hydrogen-bond acceptors (Lipinski definition) is 19. The number of aliphatic carboxylic acids is 1. The van der Waals surface area contributed by atoms with Crippen LogP contribution >= 0.6 is 36.1 Å². The van der Waals surface area contributed by atoms with Gasteiger partial charge in [0.25, 0.3) is 0 Å². The third kappa shape index (κ3) is 14.8. The average molecular weight is 972 g/mol. The number of ether oxygens (including phenoxy) is 1. The van der Waals surface area contributed by atoms with Crippen molar-refractivity contribution in [2.45, 2.75) is 63.4 Å². The van der Waals surface area contributed by atoms with Crippen molar-refractivity contribution in [3.63, 3.8) is 0 Å². The van der Waals surface area contributed by atoms with Gasteiger partial charge in [-0.1, -0.05) is 32.0 Å². The number of para-hydroxylation sites is 1. The minimum absolute atomic E-state index is 0.0363. The highest BCUT2D eigenvalue weighted by Crippen LogP contribution is 2.61. The SMILES string of the molecule is CC(C)(COP(=O)(O)OP(=O)(O)OC[C@H]1O[C@@H](n2cnc3c(N)ncnc32)[C@H](O)[C@@H]1OP(=O)(O)O)[C@@H](O)C(=O)NCCC(=O)NCCS.N[C@@H](Cc1c[nH]c2ccccc12)C(=O)O. The summed E-state index contributed by atoms with van der Waals surface area (Å²) in [6.45, 7) is 0.723. The Balaban J connectivity index is 0.000000484. The smallest absolute Gasteiger partial charge is 0.480 e. The van der Waals surface area contributed by atoms with E-state index in [-0.39, 0.29) is 35.9 Å². The first-order valence-corrected chi connectivity index (χ1v) is 23.5. The molecule has 0 spiro atoms. The number of hydrogen-bond donors (Lipinski definition) is 13. The Labute approximate surface area is 362 Å². The van der Waals surface area contributed by atoms with E-state index in [0.29, 0.717) is 18.7 Å². The number of nitrogens with zero attached hydrogens (tertiary/aromatic N) is 4. The van der Waals surface area contributed by atoms with Crippen molar-refractivity contribution in [3.8, 4) is 0 Å². The van der Waals surface area contributed by atoms with Crippen LogP contribution in [0.15, 0.2) is 43.1 Å². The van der Waals surface area contributed by atoms with Crippen LogP contribution < -0.4 is 22.1 Å². The molecule has 4 aromatic rings. The van der Waals surface area contributed by atoms with Crippen molar-refractivity contribution in [2.75, 3.05) is 37.8 Å². The van der Waals surface area contributed by atoms with E-state index in [0.717, 1.165) is 33.7 Å². The molecule has 0 aliphatic carbocycles. The monoisotopic (exact) mass is 971 g/mol. The Morgan fingerprint density at radius 3 is 2.40 bits per heavy atom. The van der Waals surface area contributed by atoms with Gasteiger partial charge in [0.05, 0.1) is 19.5 Å². The summed E-state index contributed by atoms with van der Waals surface area (Å²) in [6.07, 6.45) is -4.58. The van der Waals surface area contributed by atoms with Crippen LogP contribution in [0.25, 0.3) is 22.1 Å². The lowest BCUT2D eigenvalue weighted by atomic mass is 9.87. The molecule has 1 saturated heterocycles. The predicted molar refractivity (Wildman–Crippen MR) is 221 cm³/mol. The number of fused-ring (bicyclic) bond motifs is 2. The molecule has 0 radical (unpaired) electrons. The number of anilines is 1. The van der Waals surface area contributed by atoms with Crippen LogP contribution in [-0.2, 0) is 57.1 Å². The number of imidazole rings is 1. The van der Waals surface area contributed by atoms with Crippen LogP contribution in [0.3, 0.4) is 0 Å². The molecule has 1 aliphatic rings. The fraction of sp³-hybridized carbons (Fsp3) is 0.500. The number of phosphoric acid groups is 3. The number of carboxylic acids is 1. The minimum atomic E-state index is -5.54. The van der Waals surface area contributed by atoms with E-state index >= 15 is 0 Å². The van der Waals surface area contributed by atoms with Crippen molar-refractivity contribution in [1.82, 2.24) is 35.1 Å². The first kappa shape index (κ1) is 51.7. The van der Waals surface area contributed by atoms with Crippen molar-refractivity contribution >= 4 is 81.8 Å². The van der Waals surface area contributed by atoms with Gasteiger partial charge in [-0.3, -0.25) is 32.5 Å². The summed E-state index contributed by atoms with van der Waals surface area (Å²) >= 11 is 3.95. The van der Waals surface area contributed by atoms with E-state index < -0.39 is 90.7 Å². The molecule has 63 heavy (non-hydrogen) atoms. The van der Waals surface area contributed by atoms with Crippen LogP contribution in [0.4, 0.5) is 5.82 Å². The van der Waals surface area contributed by atoms with Crippen molar-refractivity contribution in [2.24, 2.45) is 11.1 Å². The fourth-order valence-electron chi connectivity index (χ4n) is 5.76. The largest absolute Gasteiger partial charge is 0.481 e. The quantitative estimate of drug-likeness (QED) is 0.0368. The molecule has 350 valence electrons. The number of H-pyrrole nitrogens is 1. The number of aromatic amines is 1. The fourth-order valence-corrected chi connectivity index (χ4v) is 8.70. The second kappa shape index (κ2) is 21.8. The Bertz CT molecular complexity index is 2370. The molecule has 0 saturated carbocycles. The maximum atomic E-state index is 12.6. The number of carbonyl (C=O) groups excluding carboxylic acids is 2. The topological polar surface area (TPSA) is 426 Å². The number of aliphatic hydroxyl groups excluding tert-OH is 2. The molecule has 14 N–H and O–H groups in total. The van der Waals surface area contributed by atoms with Gasteiger partial charge in [0, 0.05) is 54.2 Å². The lowest BCUT2D eigenvalue weighted by Crippen LogP contribution is -2.46. The van der Waals surface area contributed by atoms with Gasteiger partial charge in [0.2, 0.25) is 11.8 Å². The predicted octanol–water partition coefficient (Wildman–Crippen LogP) is -0.543. The Kier molecular flexibility index (Phi) is 17.9. The summed E-state index contributed by atoms with van der Waals surface area (Å²) in [5, 5.41) is 35.8. The zero-order valence-corrected chi connectivity index (χ0v) is 36.9. The maximum Gasteiger partial charge on any atom is 0.481 e. The van der Waals surface area contributed by atoms with Crippen LogP contribution in [0.5, 0.6) is 0 Å². The lowest BCUT2D eigenvalue weighted by molar-refractivity contribution is -0.138. The third-order valence-corrected chi connectivity index (χ3v) is 12.3. The van der Waals surface area contributed by atoms with E-state index in [4.69, 9.17) is 30.4 Å². The molecule has 1 aromatic carbocycles. The average Bonchev–Trinajstić information content (AvgIpc) is 3.90. The molecule has 2 unspecified atom stereocenters. The van der Waals surface area contributed by atoms with Crippen molar-refractivity contribution < 1.29 is 85.6 Å². The summed E-state index contributed by atoms with van der Waals surface area (Å²) in [7, 11) is -16.3. The van der Waals surface area contributed by atoms with E-state index in [1.165, 1.54) is 13.8 Å². The number of rotatable bonds is 21. The molecule has 0 bridgehead atoms. The van der Waals surface area contributed by atoms with E-state index in [1.807, 2.05) is 30.5 Å². The van der Waals surface area contributed by atoms with Crippen LogP contribution in [0, 0.1) is 5.41 Å². The number of aliphatic hydroxyl groups is 2. The number of benzene rings is 1. The van der Waals surface area contributed by atoms with Gasteiger partial charge in [-0.15, -0.1) is 0 Å². The molecule has 31 heteroatoms. The van der Waals surface area contributed by atoms with Crippen LogP contribution in [0.1, 0.15) is 32.1 Å². The normalized spacial score (nSPS) is 20.9. The Hall–Kier alpha value is -3.92. The molecule has 4 heterocycles. The van der Waals surface area contributed by atoms with Gasteiger partial charge < -0.3 is 66.7 Å². The highest BCUT2D eigenvalue weighted by atomic mass is 32.1. The number of thiol groups is 1. The van der Waals surface area contributed by atoms with Gasteiger partial charge in [-0.25, -0.2) is 28.6 Å². The number of phosphoric ester groups is 3. The van der Waals surface area contributed by atoms with Gasteiger partial charge >= 0.3 is 29.4 Å². The molecule has 27 nitrogen and oxygen atoms in total. The number of carbonyl (C=O) groups is 3. The Morgan fingerprint density at radius 2 is 1.73 bits per heavy atom. The standard InChI is InChI=1S/C21H36N7O16P3S.C11H12N2O2/c1-21(2,16(31)19(32)24-4-3-12(29)23-5-6-48)8-41-47(38,39)44-46(36,37)40-7-11-15(43-45(33,34)35)14(30)20(42-11)28-10-27-13-17(22)25-9-26-18(13)28;12-9(11(14)15)5-7-6-13-10-4-2-1-3-8(7)10/h9-11,14-16,20,30-31,48H,3-8H2,1-2H3,(H,23,29)(H,24,32)(H,36,37)(H,38,39)(H2,22,25,26)(H2,33,34,35);1-4,6,9,13H,5,12H2,(H,14,15)/t11-,14-,15-,16+,20-;9-/m10/s1. The zero-order chi connectivity index (χ0) is 46.9. The summed E-state index contributed by atoms with van der Waals surface area (Å²) < 4.78 is 61.7. The summed E-state index contributed by atoms with van der Waals surface area (Å²) in [5.74, 6) is -1.92. The summed E-state index contributed by atoms with van der Waals surface area (Å²) in [4.78, 5) is 88.3. The number of nitrogens with one attached hydrogen (secondary N) is 3. The third-order valence-electron chi connectivity index (χ3n) is 8.94. The minimum Gasteiger partial charge on any atom is -0.480 e. The highest BCUT2D eigenvalue weighted by molar-refractivity contribution is 7.80. The summed E-state index contributed by atoms with van der Waals surface area (Å²) in [5.41, 5.74) is 11.7. The molecular formula is C32H48N9O18P3S. The van der Waals surface area contributed by atoms with Crippen molar-refractivity contribution in [1.29, 1.82) is 0 Å². The molecule has 2 amide bonds. The number of nitrogens with two attached hydrogens (primary N) is 2. The zero-order valence-electron chi connectivity index (χ0n) is 33.3. The molecule has 1 fully saturated rings. The van der Waals surface area contributed by atoms with E-state index in [1.54, 1.807) is 0 Å². The van der Waals surface area contributed by atoms with Crippen LogP contribution in [-0.4, -0.2) is 140 Å². The van der Waals surface area contributed by atoms with Crippen molar-refractivity contribution in [3.05, 3.63) is 48.7 Å². The Morgan fingerprint density at radius 1 is 1.05 bits per heavy atom. The first-order valence-electron chi connectivity index (χ1n) is 18.4. The number of aromatic nitrogens is 5. The lowest BCUT2D eigenvalue weighted by Gasteiger charge is -2.30. The second-order valence-corrected chi connectivity index (χ2v) is 19.0. The molecule has 5 rings (SSSR count). The molecule has 3 aromatic heterocycles. The molecule has 8 atom stereocenters. The van der Waals surface area contributed by atoms with E-state index in [9.17, 15) is 57.9 Å². The molecule has 1 aliphatic heterocycles. The van der Waals surface area contributed by atoms with Gasteiger partial charge in [-0.05, 0) is 11.6 Å².